The molecule has 1 amide bonds. The summed E-state index contributed by atoms with van der Waals surface area (Å²) in [5.74, 6) is 3.36. The number of nitrogens with zero attached hydrogens (tertiary/aromatic N) is 3. The summed E-state index contributed by atoms with van der Waals surface area (Å²) in [6.07, 6.45) is 0. The highest BCUT2D eigenvalue weighted by Crippen LogP contribution is 2.33. The van der Waals surface area contributed by atoms with Gasteiger partial charge in [-0.15, -0.1) is 0 Å². The predicted octanol–water partition coefficient (Wildman–Crippen LogP) is 5.84. The molecule has 212 valence electrons. The normalized spacial score (nSPS) is 14.5. The number of methoxy groups -OCH3 is 1. The van der Waals surface area contributed by atoms with E-state index in [1.54, 1.807) is 13.2 Å². The Morgan fingerprint density at radius 1 is 0.854 bits per heavy atom. The van der Waals surface area contributed by atoms with Crippen molar-refractivity contribution in [3.63, 3.8) is 0 Å². The van der Waals surface area contributed by atoms with Gasteiger partial charge in [0.05, 0.1) is 19.3 Å². The first-order valence-electron chi connectivity index (χ1n) is 13.7. The van der Waals surface area contributed by atoms with Crippen molar-refractivity contribution in [1.29, 1.82) is 0 Å². The van der Waals surface area contributed by atoms with Gasteiger partial charge in [-0.25, -0.2) is 0 Å². The molecule has 1 saturated heterocycles. The Morgan fingerprint density at radius 3 is 2.39 bits per heavy atom. The summed E-state index contributed by atoms with van der Waals surface area (Å²) in [4.78, 5) is 19.7. The third kappa shape index (κ3) is 6.29. The highest BCUT2D eigenvalue weighted by Gasteiger charge is 2.26. The summed E-state index contributed by atoms with van der Waals surface area (Å²) in [5.41, 5.74) is 3.27. The molecule has 0 N–H and O–H groups in total. The molecule has 6 rings (SSSR count). The Hall–Kier alpha value is -4.14. The second-order valence-corrected chi connectivity index (χ2v) is 10.6. The van der Waals surface area contributed by atoms with E-state index >= 15 is 0 Å². The first-order valence-corrected chi connectivity index (χ1v) is 14.0. The molecular formula is C32H32ClN3O5. The number of amides is 1. The molecule has 0 atom stereocenters. The number of fused-ring (bicyclic) bond motifs is 1. The summed E-state index contributed by atoms with van der Waals surface area (Å²) in [7, 11) is 1.68. The molecule has 0 saturated carbocycles. The van der Waals surface area contributed by atoms with Gasteiger partial charge in [-0.2, -0.15) is 0 Å². The molecule has 0 unspecified atom stereocenters. The van der Waals surface area contributed by atoms with Gasteiger partial charge in [-0.1, -0.05) is 41.9 Å². The second kappa shape index (κ2) is 12.2. The minimum Gasteiger partial charge on any atom is -0.495 e. The van der Waals surface area contributed by atoms with E-state index in [-0.39, 0.29) is 12.7 Å². The molecular weight excluding hydrogens is 542 g/mol. The molecule has 2 aliphatic rings. The number of anilines is 1. The van der Waals surface area contributed by atoms with E-state index in [1.807, 2.05) is 71.6 Å². The molecule has 0 spiro atoms. The first kappa shape index (κ1) is 27.1. The SMILES string of the molecule is COc1ccccc1N1CCN(C(=O)c2ccc(CN(Cc3ccc(Cl)cc3)Cc3ccc4c(c3)OCO4)o2)CC1. The average Bonchev–Trinajstić information content (AvgIpc) is 3.67. The van der Waals surface area contributed by atoms with Gasteiger partial charge in [0.2, 0.25) is 6.79 Å². The Balaban J connectivity index is 1.12. The number of para-hydroxylation sites is 2. The van der Waals surface area contributed by atoms with Gasteiger partial charge in [0.1, 0.15) is 11.5 Å². The maximum Gasteiger partial charge on any atom is 0.289 e. The van der Waals surface area contributed by atoms with Crippen molar-refractivity contribution in [2.24, 2.45) is 0 Å². The number of carbonyl (C=O) groups excluding carboxylic acids is 1. The van der Waals surface area contributed by atoms with E-state index in [4.69, 9.17) is 30.2 Å². The third-order valence-corrected chi connectivity index (χ3v) is 7.66. The quantitative estimate of drug-likeness (QED) is 0.249. The fourth-order valence-electron chi connectivity index (χ4n) is 5.31. The number of hydrogen-bond donors (Lipinski definition) is 0. The molecule has 1 fully saturated rings. The molecule has 8 nitrogen and oxygen atoms in total. The number of carbonyl (C=O) groups is 1. The van der Waals surface area contributed by atoms with Crippen LogP contribution in [0.15, 0.2) is 83.3 Å². The van der Waals surface area contributed by atoms with Crippen LogP contribution in [0.25, 0.3) is 0 Å². The Morgan fingerprint density at radius 2 is 1.59 bits per heavy atom. The largest absolute Gasteiger partial charge is 0.495 e. The molecule has 2 aliphatic heterocycles. The molecule has 41 heavy (non-hydrogen) atoms. The van der Waals surface area contributed by atoms with Crippen LogP contribution in [0.4, 0.5) is 5.69 Å². The lowest BCUT2D eigenvalue weighted by Crippen LogP contribution is -2.48. The van der Waals surface area contributed by atoms with Gasteiger partial charge >= 0.3 is 0 Å². The summed E-state index contributed by atoms with van der Waals surface area (Å²) < 4.78 is 22.7. The fourth-order valence-corrected chi connectivity index (χ4v) is 5.43. The van der Waals surface area contributed by atoms with E-state index in [9.17, 15) is 4.79 Å². The van der Waals surface area contributed by atoms with Crippen molar-refractivity contribution >= 4 is 23.2 Å². The highest BCUT2D eigenvalue weighted by atomic mass is 35.5. The monoisotopic (exact) mass is 573 g/mol. The lowest BCUT2D eigenvalue weighted by atomic mass is 10.1. The fraction of sp³-hybridized carbons (Fsp3) is 0.281. The topological polar surface area (TPSA) is 67.6 Å². The van der Waals surface area contributed by atoms with Gasteiger partial charge in [0.15, 0.2) is 17.3 Å². The maximum atomic E-state index is 13.3. The molecule has 0 radical (unpaired) electrons. The third-order valence-electron chi connectivity index (χ3n) is 7.41. The Labute approximate surface area is 244 Å². The van der Waals surface area contributed by atoms with Crippen LogP contribution in [-0.2, 0) is 19.6 Å². The van der Waals surface area contributed by atoms with Crippen LogP contribution in [-0.4, -0.2) is 55.8 Å². The van der Waals surface area contributed by atoms with Gasteiger partial charge in [0, 0.05) is 44.3 Å². The predicted molar refractivity (Wildman–Crippen MR) is 157 cm³/mol. The lowest BCUT2D eigenvalue weighted by Gasteiger charge is -2.36. The number of benzene rings is 3. The summed E-state index contributed by atoms with van der Waals surface area (Å²) in [6.45, 7) is 4.79. The second-order valence-electron chi connectivity index (χ2n) is 10.2. The first-order chi connectivity index (χ1) is 20.1. The van der Waals surface area contributed by atoms with Gasteiger partial charge in [-0.05, 0) is 59.7 Å². The van der Waals surface area contributed by atoms with Crippen LogP contribution in [0, 0.1) is 0 Å². The summed E-state index contributed by atoms with van der Waals surface area (Å²) >= 11 is 6.11. The molecule has 3 heterocycles. The van der Waals surface area contributed by atoms with Crippen molar-refractivity contribution < 1.29 is 23.4 Å². The molecule has 3 aromatic carbocycles. The van der Waals surface area contributed by atoms with Crippen molar-refractivity contribution in [2.75, 3.05) is 45.0 Å². The minimum atomic E-state index is -0.0871. The van der Waals surface area contributed by atoms with Crippen LogP contribution < -0.4 is 19.1 Å². The Kier molecular flexibility index (Phi) is 8.02. The standard InChI is InChI=1S/C32H32ClN3O5/c1-38-28-5-3-2-4-27(28)35-14-16-36(17-15-35)32(37)30-13-11-26(41-30)21-34(19-23-6-9-25(33)10-7-23)20-24-8-12-29-31(18-24)40-22-39-29/h2-13,18H,14-17,19-22H2,1H3. The number of rotatable bonds is 9. The number of piperazine rings is 1. The molecule has 9 heteroatoms. The Bertz CT molecular complexity index is 1500. The zero-order chi connectivity index (χ0) is 28.2. The van der Waals surface area contributed by atoms with Gasteiger partial charge < -0.3 is 28.4 Å². The number of furan rings is 1. The van der Waals surface area contributed by atoms with Crippen LogP contribution in [0.3, 0.4) is 0 Å². The van der Waals surface area contributed by atoms with Crippen molar-refractivity contribution in [3.05, 3.63) is 107 Å². The lowest BCUT2D eigenvalue weighted by molar-refractivity contribution is 0.0710. The maximum absolute atomic E-state index is 13.3. The van der Waals surface area contributed by atoms with Gasteiger partial charge in [-0.3, -0.25) is 9.69 Å². The zero-order valence-corrected chi connectivity index (χ0v) is 23.7. The van der Waals surface area contributed by atoms with Crippen molar-refractivity contribution in [2.45, 2.75) is 19.6 Å². The highest BCUT2D eigenvalue weighted by molar-refractivity contribution is 6.30. The van der Waals surface area contributed by atoms with E-state index in [0.29, 0.717) is 43.5 Å². The molecule has 0 aliphatic carbocycles. The van der Waals surface area contributed by atoms with Crippen LogP contribution >= 0.6 is 11.6 Å². The van der Waals surface area contributed by atoms with Crippen molar-refractivity contribution in [3.8, 4) is 17.2 Å². The minimum absolute atomic E-state index is 0.0871. The van der Waals surface area contributed by atoms with Crippen LogP contribution in [0.2, 0.25) is 5.02 Å². The van der Waals surface area contributed by atoms with Crippen LogP contribution in [0.5, 0.6) is 17.2 Å². The molecule has 1 aromatic heterocycles. The molecule has 0 bridgehead atoms. The summed E-state index contributed by atoms with van der Waals surface area (Å²) in [5, 5.41) is 0.703. The number of ether oxygens (including phenoxy) is 3. The molecule has 4 aromatic rings. The van der Waals surface area contributed by atoms with Crippen molar-refractivity contribution in [1.82, 2.24) is 9.80 Å². The van der Waals surface area contributed by atoms with Gasteiger partial charge in [0.25, 0.3) is 5.91 Å². The van der Waals surface area contributed by atoms with E-state index in [1.165, 1.54) is 0 Å². The smallest absolute Gasteiger partial charge is 0.289 e. The summed E-state index contributed by atoms with van der Waals surface area (Å²) in [6, 6.07) is 25.5. The van der Waals surface area contributed by atoms with Crippen LogP contribution in [0.1, 0.15) is 27.4 Å². The number of hydrogen-bond acceptors (Lipinski definition) is 7. The van der Waals surface area contributed by atoms with E-state index < -0.39 is 0 Å². The average molecular weight is 574 g/mol. The number of halogens is 1. The zero-order valence-electron chi connectivity index (χ0n) is 22.9. The van der Waals surface area contributed by atoms with E-state index in [2.05, 4.69) is 15.9 Å². The van der Waals surface area contributed by atoms with E-state index in [0.717, 1.165) is 52.9 Å².